The van der Waals surface area contributed by atoms with Crippen LogP contribution in [0.2, 0.25) is 0 Å². The van der Waals surface area contributed by atoms with Gasteiger partial charge in [0.25, 0.3) is 0 Å². The van der Waals surface area contributed by atoms with Crippen molar-refractivity contribution in [3.05, 3.63) is 107 Å². The van der Waals surface area contributed by atoms with Gasteiger partial charge in [-0.1, -0.05) is 84.9 Å². The summed E-state index contributed by atoms with van der Waals surface area (Å²) in [5.41, 5.74) is 3.99. The van der Waals surface area contributed by atoms with Crippen LogP contribution in [0.3, 0.4) is 0 Å². The molecule has 3 aromatic carbocycles. The number of hydrogen-bond donors (Lipinski definition) is 0. The Hall–Kier alpha value is -2.38. The smallest absolute Gasteiger partial charge is 0.117 e. The maximum absolute atomic E-state index is 6.78. The van der Waals surface area contributed by atoms with E-state index in [1.807, 2.05) is 12.1 Å². The zero-order valence-corrected chi connectivity index (χ0v) is 13.5. The van der Waals surface area contributed by atoms with Gasteiger partial charge in [0.15, 0.2) is 0 Å². The van der Waals surface area contributed by atoms with Crippen molar-refractivity contribution >= 4 is 0 Å². The van der Waals surface area contributed by atoms with Crippen LogP contribution in [-0.2, 0) is 15.9 Å². The lowest BCUT2D eigenvalue weighted by molar-refractivity contribution is -0.0791. The summed E-state index contributed by atoms with van der Waals surface area (Å²) in [5.74, 6) is 0. The fourth-order valence-electron chi connectivity index (χ4n) is 3.77. The van der Waals surface area contributed by atoms with Crippen LogP contribution in [0.4, 0.5) is 0 Å². The molecular formula is C22H20O. The standard InChI is InChI=1S/C22H20O/c1-21(17-11-5-3-6-12-17)19-15-9-10-16-20(19)22(2,23-21)18-13-7-4-8-14-18/h3-16H,1-2H3/t21-,22+. The van der Waals surface area contributed by atoms with E-state index in [0.717, 1.165) is 0 Å². The van der Waals surface area contributed by atoms with E-state index in [1.165, 1.54) is 22.3 Å². The Morgan fingerprint density at radius 2 is 0.870 bits per heavy atom. The van der Waals surface area contributed by atoms with E-state index in [1.54, 1.807) is 0 Å². The summed E-state index contributed by atoms with van der Waals surface area (Å²) in [5, 5.41) is 0. The number of ether oxygens (including phenoxy) is 1. The first-order valence-corrected chi connectivity index (χ1v) is 8.06. The van der Waals surface area contributed by atoms with Gasteiger partial charge in [-0.25, -0.2) is 0 Å². The average Bonchev–Trinajstić information content (AvgIpc) is 2.87. The lowest BCUT2D eigenvalue weighted by atomic mass is 9.83. The van der Waals surface area contributed by atoms with Crippen LogP contribution >= 0.6 is 0 Å². The summed E-state index contributed by atoms with van der Waals surface area (Å²) < 4.78 is 6.78. The first-order valence-electron chi connectivity index (χ1n) is 8.06. The average molecular weight is 300 g/mol. The fraction of sp³-hybridized carbons (Fsp3) is 0.182. The largest absolute Gasteiger partial charge is 0.350 e. The van der Waals surface area contributed by atoms with Crippen LogP contribution in [0, 0.1) is 0 Å². The molecule has 0 fully saturated rings. The summed E-state index contributed by atoms with van der Waals surface area (Å²) >= 11 is 0. The van der Waals surface area contributed by atoms with Gasteiger partial charge >= 0.3 is 0 Å². The topological polar surface area (TPSA) is 9.23 Å². The van der Waals surface area contributed by atoms with Gasteiger partial charge in [0.2, 0.25) is 0 Å². The van der Waals surface area contributed by atoms with Crippen LogP contribution in [0.5, 0.6) is 0 Å². The van der Waals surface area contributed by atoms with Gasteiger partial charge in [-0.3, -0.25) is 0 Å². The summed E-state index contributed by atoms with van der Waals surface area (Å²) in [6.07, 6.45) is 0. The normalized spacial score (nSPS) is 26.0. The van der Waals surface area contributed by atoms with Crippen LogP contribution in [0.1, 0.15) is 36.1 Å². The minimum Gasteiger partial charge on any atom is -0.350 e. The second-order valence-electron chi connectivity index (χ2n) is 6.45. The number of rotatable bonds is 2. The van der Waals surface area contributed by atoms with Gasteiger partial charge in [-0.05, 0) is 36.1 Å². The predicted molar refractivity (Wildman–Crippen MR) is 93.3 cm³/mol. The quantitative estimate of drug-likeness (QED) is 0.628. The zero-order chi connectivity index (χ0) is 15.9. The molecule has 0 saturated heterocycles. The Labute approximate surface area is 137 Å². The molecule has 1 aliphatic rings. The van der Waals surface area contributed by atoms with E-state index in [4.69, 9.17) is 4.74 Å². The molecule has 0 aromatic heterocycles. The van der Waals surface area contributed by atoms with Gasteiger partial charge < -0.3 is 4.74 Å². The highest BCUT2D eigenvalue weighted by molar-refractivity contribution is 5.51. The van der Waals surface area contributed by atoms with Crippen molar-refractivity contribution in [2.75, 3.05) is 0 Å². The third-order valence-corrected chi connectivity index (χ3v) is 5.01. The molecule has 114 valence electrons. The molecule has 0 spiro atoms. The molecule has 0 bridgehead atoms. The van der Waals surface area contributed by atoms with Gasteiger partial charge in [-0.15, -0.1) is 0 Å². The minimum atomic E-state index is -0.442. The fourth-order valence-corrected chi connectivity index (χ4v) is 3.77. The lowest BCUT2D eigenvalue weighted by Gasteiger charge is -2.32. The first kappa shape index (κ1) is 14.2. The molecule has 23 heavy (non-hydrogen) atoms. The predicted octanol–water partition coefficient (Wildman–Crippen LogP) is 5.24. The maximum atomic E-state index is 6.78. The molecule has 1 aliphatic heterocycles. The first-order chi connectivity index (χ1) is 11.1. The van der Waals surface area contributed by atoms with E-state index in [9.17, 15) is 0 Å². The van der Waals surface area contributed by atoms with Crippen LogP contribution in [0.25, 0.3) is 0 Å². The molecule has 0 amide bonds. The van der Waals surface area contributed by atoms with E-state index in [2.05, 4.69) is 86.6 Å². The molecule has 0 unspecified atom stereocenters. The Morgan fingerprint density at radius 1 is 0.522 bits per heavy atom. The highest BCUT2D eigenvalue weighted by Gasteiger charge is 2.49. The Kier molecular flexibility index (Phi) is 3.14. The monoisotopic (exact) mass is 300 g/mol. The van der Waals surface area contributed by atoms with E-state index in [0.29, 0.717) is 0 Å². The van der Waals surface area contributed by atoms with Gasteiger partial charge in [-0.2, -0.15) is 0 Å². The Morgan fingerprint density at radius 3 is 1.26 bits per heavy atom. The van der Waals surface area contributed by atoms with E-state index < -0.39 is 11.2 Å². The van der Waals surface area contributed by atoms with Gasteiger partial charge in [0.1, 0.15) is 11.2 Å². The molecule has 1 nitrogen and oxygen atoms in total. The van der Waals surface area contributed by atoms with Crippen molar-refractivity contribution in [1.82, 2.24) is 0 Å². The molecule has 1 heteroatoms. The van der Waals surface area contributed by atoms with Gasteiger partial charge in [0, 0.05) is 0 Å². The summed E-state index contributed by atoms with van der Waals surface area (Å²) in [7, 11) is 0. The highest BCUT2D eigenvalue weighted by Crippen LogP contribution is 2.52. The van der Waals surface area contributed by atoms with Crippen molar-refractivity contribution < 1.29 is 4.74 Å². The van der Waals surface area contributed by atoms with Gasteiger partial charge in [0.05, 0.1) is 0 Å². The van der Waals surface area contributed by atoms with Crippen molar-refractivity contribution in [1.29, 1.82) is 0 Å². The molecule has 0 radical (unpaired) electrons. The molecule has 0 aliphatic carbocycles. The summed E-state index contributed by atoms with van der Waals surface area (Å²) in [4.78, 5) is 0. The third kappa shape index (κ3) is 2.04. The molecule has 4 rings (SSSR count). The highest BCUT2D eigenvalue weighted by atomic mass is 16.5. The maximum Gasteiger partial charge on any atom is 0.117 e. The molecular weight excluding hydrogens is 280 g/mol. The van der Waals surface area contributed by atoms with Crippen LogP contribution < -0.4 is 0 Å². The second kappa shape index (κ2) is 5.07. The molecule has 0 saturated carbocycles. The Bertz CT molecular complexity index is 754. The van der Waals surface area contributed by atoms with E-state index >= 15 is 0 Å². The summed E-state index contributed by atoms with van der Waals surface area (Å²) in [6.45, 7) is 4.35. The Balaban J connectivity index is 1.95. The van der Waals surface area contributed by atoms with Crippen LogP contribution in [-0.4, -0.2) is 0 Å². The number of hydrogen-bond acceptors (Lipinski definition) is 1. The molecule has 2 atom stereocenters. The second-order valence-corrected chi connectivity index (χ2v) is 6.45. The molecule has 1 heterocycles. The van der Waals surface area contributed by atoms with E-state index in [-0.39, 0.29) is 0 Å². The van der Waals surface area contributed by atoms with Crippen molar-refractivity contribution in [2.24, 2.45) is 0 Å². The lowest BCUT2D eigenvalue weighted by Crippen LogP contribution is -2.30. The van der Waals surface area contributed by atoms with Crippen molar-refractivity contribution in [3.63, 3.8) is 0 Å². The van der Waals surface area contributed by atoms with Crippen molar-refractivity contribution in [3.8, 4) is 0 Å². The van der Waals surface area contributed by atoms with Crippen LogP contribution in [0.15, 0.2) is 84.9 Å². The number of benzene rings is 3. The molecule has 3 aromatic rings. The minimum absolute atomic E-state index is 0.442. The third-order valence-electron chi connectivity index (χ3n) is 5.01. The summed E-state index contributed by atoms with van der Waals surface area (Å²) in [6, 6.07) is 29.6. The zero-order valence-electron chi connectivity index (χ0n) is 13.5. The SMILES string of the molecule is C[C@@]1(c2ccccc2)O[C@](C)(c2ccccc2)c2ccccc21. The number of fused-ring (bicyclic) bond motifs is 1. The van der Waals surface area contributed by atoms with Crippen molar-refractivity contribution in [2.45, 2.75) is 25.0 Å². The molecule has 0 N–H and O–H groups in total.